The van der Waals surface area contributed by atoms with E-state index in [4.69, 9.17) is 0 Å². The summed E-state index contributed by atoms with van der Waals surface area (Å²) in [7, 11) is 0. The fourth-order valence-corrected chi connectivity index (χ4v) is 6.64. The van der Waals surface area contributed by atoms with E-state index in [1.807, 2.05) is 0 Å². The Morgan fingerprint density at radius 1 is 0.513 bits per heavy atom. The average Bonchev–Trinajstić information content (AvgIpc) is 3.51. The number of rotatable bonds is 4. The zero-order valence-electron chi connectivity index (χ0n) is 21.6. The third kappa shape index (κ3) is 3.47. The lowest BCUT2D eigenvalue weighted by Gasteiger charge is -2.14. The molecule has 7 aromatic rings. The molecule has 0 aliphatic heterocycles. The molecule has 0 N–H and O–H groups in total. The van der Waals surface area contributed by atoms with Gasteiger partial charge in [-0.3, -0.25) is 0 Å². The molecule has 0 fully saturated rings. The molecule has 0 radical (unpaired) electrons. The van der Waals surface area contributed by atoms with Gasteiger partial charge in [-0.2, -0.15) is 0 Å². The minimum absolute atomic E-state index is 0.343. The molecule has 0 spiro atoms. The van der Waals surface area contributed by atoms with Crippen molar-refractivity contribution >= 4 is 21.8 Å². The molecular weight excluding hydrogens is 470 g/mol. The van der Waals surface area contributed by atoms with Gasteiger partial charge in [-0.05, 0) is 75.7 Å². The Bertz CT molecular complexity index is 1960. The second-order valence-corrected chi connectivity index (χ2v) is 10.5. The molecule has 8 rings (SSSR count). The molecule has 1 aromatic heterocycles. The maximum Gasteiger partial charge on any atom is 0.0547 e. The van der Waals surface area contributed by atoms with Crippen LogP contribution in [-0.4, -0.2) is 4.57 Å². The molecule has 184 valence electrons. The predicted molar refractivity (Wildman–Crippen MR) is 164 cm³/mol. The Labute approximate surface area is 228 Å². The third-order valence-electron chi connectivity index (χ3n) is 8.35. The van der Waals surface area contributed by atoms with Crippen molar-refractivity contribution in [3.05, 3.63) is 162 Å². The van der Waals surface area contributed by atoms with Gasteiger partial charge in [-0.25, -0.2) is 0 Å². The average molecular weight is 498 g/mol. The van der Waals surface area contributed by atoms with E-state index in [-0.39, 0.29) is 0 Å². The summed E-state index contributed by atoms with van der Waals surface area (Å²) in [5.41, 5.74) is 13.2. The van der Waals surface area contributed by atoms with Crippen molar-refractivity contribution in [3.8, 4) is 27.9 Å². The minimum Gasteiger partial charge on any atom is -0.309 e. The van der Waals surface area contributed by atoms with E-state index in [0.29, 0.717) is 5.92 Å². The lowest BCUT2D eigenvalue weighted by Crippen LogP contribution is -2.01. The summed E-state index contributed by atoms with van der Waals surface area (Å²) in [5, 5.41) is 2.66. The van der Waals surface area contributed by atoms with Crippen LogP contribution in [0.4, 0.5) is 0 Å². The van der Waals surface area contributed by atoms with Gasteiger partial charge in [0.05, 0.1) is 11.0 Å². The van der Waals surface area contributed by atoms with Crippen LogP contribution in [0.1, 0.15) is 22.6 Å². The van der Waals surface area contributed by atoms with Gasteiger partial charge in [0, 0.05) is 22.4 Å². The van der Waals surface area contributed by atoms with Crippen LogP contribution in [-0.2, 0) is 6.42 Å². The number of benzene rings is 6. The smallest absolute Gasteiger partial charge is 0.0547 e. The Morgan fingerprint density at radius 2 is 1.18 bits per heavy atom. The fraction of sp³-hybridized carbons (Fsp3) is 0.0526. The molecule has 1 nitrogen and oxygen atoms in total. The Balaban J connectivity index is 1.46. The molecule has 0 saturated heterocycles. The van der Waals surface area contributed by atoms with Crippen molar-refractivity contribution in [2.75, 3.05) is 0 Å². The first-order valence-corrected chi connectivity index (χ1v) is 13.7. The Kier molecular flexibility index (Phi) is 5.03. The van der Waals surface area contributed by atoms with E-state index in [9.17, 15) is 0 Å². The number of fused-ring (bicyclic) bond motifs is 7. The summed E-state index contributed by atoms with van der Waals surface area (Å²) in [6.07, 6.45) is 1.00. The van der Waals surface area contributed by atoms with E-state index in [1.165, 1.54) is 66.4 Å². The monoisotopic (exact) mass is 497 g/mol. The highest BCUT2D eigenvalue weighted by molar-refractivity contribution is 6.18. The van der Waals surface area contributed by atoms with Crippen molar-refractivity contribution in [1.82, 2.24) is 4.57 Å². The van der Waals surface area contributed by atoms with Gasteiger partial charge in [-0.15, -0.1) is 0 Å². The predicted octanol–water partition coefficient (Wildman–Crippen LogP) is 9.81. The molecule has 0 bridgehead atoms. The topological polar surface area (TPSA) is 4.93 Å². The van der Waals surface area contributed by atoms with Gasteiger partial charge >= 0.3 is 0 Å². The SMILES string of the molecule is c1ccc(CC2c3ccccc3-c3c2ccc2c3c3cc(-c4ccccc4)ccc3n2-c2ccccc2)cc1. The first kappa shape index (κ1) is 22.1. The first-order valence-electron chi connectivity index (χ1n) is 13.7. The van der Waals surface area contributed by atoms with Crippen LogP contribution in [0, 0.1) is 0 Å². The molecule has 1 aliphatic carbocycles. The summed E-state index contributed by atoms with van der Waals surface area (Å²) in [4.78, 5) is 0. The van der Waals surface area contributed by atoms with Crippen LogP contribution in [0.15, 0.2) is 146 Å². The second kappa shape index (κ2) is 8.85. The molecule has 0 amide bonds. The van der Waals surface area contributed by atoms with E-state index < -0.39 is 0 Å². The van der Waals surface area contributed by atoms with Crippen LogP contribution in [0.3, 0.4) is 0 Å². The lowest BCUT2D eigenvalue weighted by atomic mass is 9.89. The van der Waals surface area contributed by atoms with E-state index in [1.54, 1.807) is 0 Å². The summed E-state index contributed by atoms with van der Waals surface area (Å²) in [6.45, 7) is 0. The quantitative estimate of drug-likeness (QED) is 0.228. The standard InChI is InChI=1S/C38H27N/c1-4-12-26(13-5-1)24-33-30-18-10-11-19-31(30)37-32(33)21-23-36-38(37)34-25-28(27-14-6-2-7-15-27)20-22-35(34)39(36)29-16-8-3-9-17-29/h1-23,25,33H,24H2. The first-order chi connectivity index (χ1) is 19.4. The molecule has 6 aromatic carbocycles. The number of aromatic nitrogens is 1. The van der Waals surface area contributed by atoms with Crippen molar-refractivity contribution in [2.24, 2.45) is 0 Å². The summed E-state index contributed by atoms with van der Waals surface area (Å²) in [6, 6.07) is 53.2. The molecule has 39 heavy (non-hydrogen) atoms. The number of nitrogens with zero attached hydrogens (tertiary/aromatic N) is 1. The normalized spacial score (nSPS) is 14.0. The number of hydrogen-bond donors (Lipinski definition) is 0. The minimum atomic E-state index is 0.343. The highest BCUT2D eigenvalue weighted by Gasteiger charge is 2.32. The van der Waals surface area contributed by atoms with Gasteiger partial charge in [0.2, 0.25) is 0 Å². The van der Waals surface area contributed by atoms with Crippen LogP contribution in [0.5, 0.6) is 0 Å². The largest absolute Gasteiger partial charge is 0.309 e. The highest BCUT2D eigenvalue weighted by Crippen LogP contribution is 2.51. The van der Waals surface area contributed by atoms with Crippen LogP contribution in [0.2, 0.25) is 0 Å². The molecule has 0 saturated carbocycles. The number of hydrogen-bond acceptors (Lipinski definition) is 0. The second-order valence-electron chi connectivity index (χ2n) is 10.5. The van der Waals surface area contributed by atoms with Crippen LogP contribution < -0.4 is 0 Å². The van der Waals surface area contributed by atoms with Crippen molar-refractivity contribution < 1.29 is 0 Å². The van der Waals surface area contributed by atoms with Crippen molar-refractivity contribution in [2.45, 2.75) is 12.3 Å². The molecular formula is C38H27N. The fourth-order valence-electron chi connectivity index (χ4n) is 6.64. The van der Waals surface area contributed by atoms with Gasteiger partial charge in [0.1, 0.15) is 0 Å². The maximum atomic E-state index is 2.44. The van der Waals surface area contributed by atoms with Gasteiger partial charge in [0.15, 0.2) is 0 Å². The summed E-state index contributed by atoms with van der Waals surface area (Å²) in [5.74, 6) is 0.343. The highest BCUT2D eigenvalue weighted by atomic mass is 15.0. The van der Waals surface area contributed by atoms with Crippen LogP contribution in [0.25, 0.3) is 49.7 Å². The summed E-state index contributed by atoms with van der Waals surface area (Å²) >= 11 is 0. The van der Waals surface area contributed by atoms with Gasteiger partial charge in [0.25, 0.3) is 0 Å². The molecule has 1 aliphatic rings. The van der Waals surface area contributed by atoms with E-state index >= 15 is 0 Å². The zero-order valence-corrected chi connectivity index (χ0v) is 21.6. The molecule has 1 heteroatoms. The van der Waals surface area contributed by atoms with E-state index in [2.05, 4.69) is 150 Å². The molecule has 1 heterocycles. The van der Waals surface area contributed by atoms with Crippen molar-refractivity contribution in [1.29, 1.82) is 0 Å². The third-order valence-corrected chi connectivity index (χ3v) is 8.35. The van der Waals surface area contributed by atoms with Gasteiger partial charge < -0.3 is 4.57 Å². The van der Waals surface area contributed by atoms with E-state index in [0.717, 1.165) is 6.42 Å². The lowest BCUT2D eigenvalue weighted by molar-refractivity contribution is 0.828. The Hall–Kier alpha value is -4.88. The summed E-state index contributed by atoms with van der Waals surface area (Å²) < 4.78 is 2.44. The number of para-hydroxylation sites is 1. The molecule has 1 atom stereocenters. The van der Waals surface area contributed by atoms with Crippen LogP contribution >= 0.6 is 0 Å². The maximum absolute atomic E-state index is 2.44. The molecule has 1 unspecified atom stereocenters. The van der Waals surface area contributed by atoms with Crippen molar-refractivity contribution in [3.63, 3.8) is 0 Å². The van der Waals surface area contributed by atoms with Gasteiger partial charge in [-0.1, -0.05) is 115 Å². The zero-order chi connectivity index (χ0) is 25.8. The Morgan fingerprint density at radius 3 is 1.97 bits per heavy atom.